The minimum absolute atomic E-state index is 0.0654. The van der Waals surface area contributed by atoms with Crippen LogP contribution in [0, 0.1) is 18.3 Å². The van der Waals surface area contributed by atoms with Gasteiger partial charge in [0, 0.05) is 12.0 Å². The highest BCUT2D eigenvalue weighted by Crippen LogP contribution is 2.32. The van der Waals surface area contributed by atoms with Gasteiger partial charge in [-0.2, -0.15) is 0 Å². The van der Waals surface area contributed by atoms with Crippen molar-refractivity contribution in [2.75, 3.05) is 14.2 Å². The maximum atomic E-state index is 12.2. The topological polar surface area (TPSA) is 61.8 Å². The molecule has 2 unspecified atom stereocenters. The normalized spacial score (nSPS) is 18.7. The predicted molar refractivity (Wildman–Crippen MR) is 84.2 cm³/mol. The molecule has 0 aromatic heterocycles. The van der Waals surface area contributed by atoms with Crippen molar-refractivity contribution in [2.45, 2.75) is 31.8 Å². The van der Waals surface area contributed by atoms with E-state index in [2.05, 4.69) is 5.92 Å². The number of carbonyl (C=O) groups excluding carboxylic acids is 2. The lowest BCUT2D eigenvalue weighted by Gasteiger charge is -2.21. The molecule has 0 aliphatic heterocycles. The summed E-state index contributed by atoms with van der Waals surface area (Å²) in [6.45, 7) is 0. The number of carbonyl (C=O) groups is 2. The number of benzene rings is 1. The van der Waals surface area contributed by atoms with Gasteiger partial charge in [0.1, 0.15) is 11.7 Å². The molecule has 0 amide bonds. The molecule has 2 atom stereocenters. The van der Waals surface area contributed by atoms with Crippen LogP contribution in [0.15, 0.2) is 18.2 Å². The zero-order valence-electron chi connectivity index (χ0n) is 13.3. The number of hydrogen-bond donors (Lipinski definition) is 0. The summed E-state index contributed by atoms with van der Waals surface area (Å²) in [5.41, 5.74) is 0.599. The highest BCUT2D eigenvalue weighted by molar-refractivity contribution is 5.99. The summed E-state index contributed by atoms with van der Waals surface area (Å²) in [6, 6.07) is 5.07. The van der Waals surface area contributed by atoms with Gasteiger partial charge in [-0.3, -0.25) is 9.59 Å². The van der Waals surface area contributed by atoms with Crippen molar-refractivity contribution in [1.82, 2.24) is 0 Å². The van der Waals surface area contributed by atoms with Gasteiger partial charge in [0.25, 0.3) is 0 Å². The fourth-order valence-corrected chi connectivity index (χ4v) is 2.64. The van der Waals surface area contributed by atoms with Gasteiger partial charge in [-0.15, -0.1) is 6.42 Å². The Morgan fingerprint density at radius 3 is 2.61 bits per heavy atom. The summed E-state index contributed by atoms with van der Waals surface area (Å²) in [6.07, 6.45) is 7.27. The zero-order chi connectivity index (χ0) is 16.8. The molecule has 5 nitrogen and oxygen atoms in total. The Hall–Kier alpha value is -2.48. The lowest BCUT2D eigenvalue weighted by molar-refractivity contribution is -0.156. The van der Waals surface area contributed by atoms with Gasteiger partial charge in [-0.1, -0.05) is 18.4 Å². The third-order valence-corrected chi connectivity index (χ3v) is 3.93. The average molecular weight is 316 g/mol. The molecule has 5 heteroatoms. The Labute approximate surface area is 135 Å². The molecule has 0 N–H and O–H groups in total. The van der Waals surface area contributed by atoms with Gasteiger partial charge in [0.05, 0.1) is 14.2 Å². The lowest BCUT2D eigenvalue weighted by Crippen LogP contribution is -2.29. The first-order valence-corrected chi connectivity index (χ1v) is 7.52. The van der Waals surface area contributed by atoms with Crippen molar-refractivity contribution in [1.29, 1.82) is 0 Å². The van der Waals surface area contributed by atoms with Crippen LogP contribution in [-0.4, -0.2) is 26.0 Å². The van der Waals surface area contributed by atoms with Crippen molar-refractivity contribution in [3.05, 3.63) is 23.8 Å². The van der Waals surface area contributed by atoms with E-state index in [1.165, 1.54) is 14.2 Å². The molecule has 0 heterocycles. The van der Waals surface area contributed by atoms with Crippen LogP contribution in [0.3, 0.4) is 0 Å². The van der Waals surface area contributed by atoms with E-state index in [0.717, 1.165) is 12.8 Å². The third-order valence-electron chi connectivity index (χ3n) is 3.93. The van der Waals surface area contributed by atoms with Crippen LogP contribution >= 0.6 is 0 Å². The molecule has 1 aliphatic rings. The molecular weight excluding hydrogens is 296 g/mol. The second-order valence-corrected chi connectivity index (χ2v) is 5.36. The number of hydrogen-bond acceptors (Lipinski definition) is 5. The first kappa shape index (κ1) is 16.9. The number of ketones is 1. The Balaban J connectivity index is 2.15. The predicted octanol–water partition coefficient (Wildman–Crippen LogP) is 2.68. The van der Waals surface area contributed by atoms with E-state index >= 15 is 0 Å². The number of methoxy groups -OCH3 is 2. The van der Waals surface area contributed by atoms with Gasteiger partial charge in [0.15, 0.2) is 17.6 Å². The first-order valence-electron chi connectivity index (χ1n) is 7.52. The largest absolute Gasteiger partial charge is 0.493 e. The first-order chi connectivity index (χ1) is 11.1. The van der Waals surface area contributed by atoms with E-state index in [9.17, 15) is 9.59 Å². The Bertz CT molecular complexity index is 629. The SMILES string of the molecule is C#CC(OC(=O)C1CCCCC1=O)c1ccc(OC)c(OC)c1. The van der Waals surface area contributed by atoms with Crippen LogP contribution in [0.25, 0.3) is 0 Å². The smallest absolute Gasteiger partial charge is 0.318 e. The Kier molecular flexibility index (Phi) is 5.64. The molecule has 122 valence electrons. The fourth-order valence-electron chi connectivity index (χ4n) is 2.64. The molecule has 1 aromatic carbocycles. The van der Waals surface area contributed by atoms with E-state index in [1.54, 1.807) is 18.2 Å². The summed E-state index contributed by atoms with van der Waals surface area (Å²) in [4.78, 5) is 24.1. The van der Waals surface area contributed by atoms with Crippen LogP contribution in [0.2, 0.25) is 0 Å². The molecule has 1 fully saturated rings. The summed E-state index contributed by atoms with van der Waals surface area (Å²) < 4.78 is 15.8. The molecule has 0 bridgehead atoms. The number of ether oxygens (including phenoxy) is 3. The maximum Gasteiger partial charge on any atom is 0.318 e. The number of rotatable bonds is 5. The zero-order valence-corrected chi connectivity index (χ0v) is 13.3. The second-order valence-electron chi connectivity index (χ2n) is 5.36. The molecule has 1 aromatic rings. The average Bonchev–Trinajstić information content (AvgIpc) is 2.59. The molecule has 1 aliphatic carbocycles. The maximum absolute atomic E-state index is 12.2. The molecule has 0 spiro atoms. The standard InChI is InChI=1S/C18H20O5/c1-4-15(12-9-10-16(21-2)17(11-12)22-3)23-18(20)13-7-5-6-8-14(13)19/h1,9-11,13,15H,5-8H2,2-3H3. The quantitative estimate of drug-likeness (QED) is 0.475. The van der Waals surface area contributed by atoms with Crippen LogP contribution in [0.5, 0.6) is 11.5 Å². The van der Waals surface area contributed by atoms with Gasteiger partial charge in [-0.05, 0) is 25.0 Å². The molecule has 2 rings (SSSR count). The van der Waals surface area contributed by atoms with Crippen LogP contribution in [0.4, 0.5) is 0 Å². The highest BCUT2D eigenvalue weighted by Gasteiger charge is 2.32. The third kappa shape index (κ3) is 3.84. The fraction of sp³-hybridized carbons (Fsp3) is 0.444. The van der Waals surface area contributed by atoms with E-state index < -0.39 is 18.0 Å². The Morgan fingerprint density at radius 1 is 1.26 bits per heavy atom. The minimum Gasteiger partial charge on any atom is -0.493 e. The monoisotopic (exact) mass is 316 g/mol. The molecular formula is C18H20O5. The van der Waals surface area contributed by atoms with Crippen molar-refractivity contribution in [2.24, 2.45) is 5.92 Å². The van der Waals surface area contributed by atoms with Crippen molar-refractivity contribution < 1.29 is 23.8 Å². The van der Waals surface area contributed by atoms with Gasteiger partial charge < -0.3 is 14.2 Å². The van der Waals surface area contributed by atoms with Crippen LogP contribution < -0.4 is 9.47 Å². The molecule has 23 heavy (non-hydrogen) atoms. The minimum atomic E-state index is -0.864. The second kappa shape index (κ2) is 7.68. The van der Waals surface area contributed by atoms with Gasteiger partial charge in [0.2, 0.25) is 0 Å². The van der Waals surface area contributed by atoms with Gasteiger partial charge in [-0.25, -0.2) is 0 Å². The van der Waals surface area contributed by atoms with Crippen molar-refractivity contribution in [3.63, 3.8) is 0 Å². The number of terminal acetylenes is 1. The highest BCUT2D eigenvalue weighted by atomic mass is 16.5. The van der Waals surface area contributed by atoms with Gasteiger partial charge >= 0.3 is 5.97 Å². The van der Waals surface area contributed by atoms with Crippen molar-refractivity contribution in [3.8, 4) is 23.8 Å². The molecule has 0 radical (unpaired) electrons. The lowest BCUT2D eigenvalue weighted by atomic mass is 9.88. The van der Waals surface area contributed by atoms with Crippen LogP contribution in [-0.2, 0) is 14.3 Å². The van der Waals surface area contributed by atoms with E-state index in [0.29, 0.717) is 29.9 Å². The number of Topliss-reactive ketones (excluding diaryl/α,β-unsaturated/α-hetero) is 1. The molecule has 0 saturated heterocycles. The van der Waals surface area contributed by atoms with E-state index in [-0.39, 0.29) is 5.78 Å². The summed E-state index contributed by atoms with van der Waals surface area (Å²) in [7, 11) is 3.05. The summed E-state index contributed by atoms with van der Waals surface area (Å²) in [5, 5.41) is 0. The van der Waals surface area contributed by atoms with Crippen LogP contribution in [0.1, 0.15) is 37.4 Å². The van der Waals surface area contributed by atoms with E-state index in [4.69, 9.17) is 20.6 Å². The van der Waals surface area contributed by atoms with E-state index in [1.807, 2.05) is 0 Å². The summed E-state index contributed by atoms with van der Waals surface area (Å²) in [5.74, 6) is 2.18. The number of esters is 1. The summed E-state index contributed by atoms with van der Waals surface area (Å²) >= 11 is 0. The molecule has 1 saturated carbocycles. The van der Waals surface area contributed by atoms with Crippen molar-refractivity contribution >= 4 is 11.8 Å². The Morgan fingerprint density at radius 2 is 2.00 bits per heavy atom.